The van der Waals surface area contributed by atoms with Crippen molar-refractivity contribution in [3.05, 3.63) is 81.2 Å². The average Bonchev–Trinajstić information content (AvgIpc) is 3.29. The van der Waals surface area contributed by atoms with Gasteiger partial charge in [-0.25, -0.2) is 17.5 Å². The number of hydrogen-bond acceptors (Lipinski definition) is 5. The number of para-hydroxylation sites is 1. The lowest BCUT2D eigenvalue weighted by molar-refractivity contribution is 0.163. The first kappa shape index (κ1) is 23.4. The van der Waals surface area contributed by atoms with Gasteiger partial charge in [0.1, 0.15) is 5.82 Å². The first-order valence-corrected chi connectivity index (χ1v) is 13.6. The summed E-state index contributed by atoms with van der Waals surface area (Å²) in [4.78, 5) is 5.68. The Morgan fingerprint density at radius 1 is 1.00 bits per heavy atom. The van der Waals surface area contributed by atoms with Crippen LogP contribution in [0, 0.1) is 5.82 Å². The van der Waals surface area contributed by atoms with Gasteiger partial charge in [-0.1, -0.05) is 34.1 Å². The van der Waals surface area contributed by atoms with E-state index < -0.39 is 10.0 Å². The van der Waals surface area contributed by atoms with Crippen LogP contribution in [0.15, 0.2) is 75.4 Å². The van der Waals surface area contributed by atoms with E-state index >= 15 is 0 Å². The van der Waals surface area contributed by atoms with Gasteiger partial charge in [0, 0.05) is 41.6 Å². The van der Waals surface area contributed by atoms with E-state index in [0.29, 0.717) is 31.9 Å². The van der Waals surface area contributed by atoms with E-state index in [1.54, 1.807) is 47.7 Å². The van der Waals surface area contributed by atoms with Crippen molar-refractivity contribution in [1.82, 2.24) is 9.62 Å². The summed E-state index contributed by atoms with van der Waals surface area (Å²) in [6.45, 7) is 4.68. The largest absolute Gasteiger partial charge is 0.367 e. The van der Waals surface area contributed by atoms with Crippen molar-refractivity contribution in [2.45, 2.75) is 23.9 Å². The molecule has 0 unspecified atom stereocenters. The lowest BCUT2D eigenvalue weighted by Crippen LogP contribution is -2.52. The number of piperazine rings is 1. The van der Waals surface area contributed by atoms with Crippen LogP contribution in [0.1, 0.15) is 17.8 Å². The highest BCUT2D eigenvalue weighted by Gasteiger charge is 2.33. The van der Waals surface area contributed by atoms with E-state index in [9.17, 15) is 12.8 Å². The molecular weight excluding hydrogens is 513 g/mol. The molecule has 0 radical (unpaired) electrons. The number of benzene rings is 2. The number of rotatable bonds is 7. The molecule has 1 N–H and O–H groups in total. The molecule has 2 aromatic carbocycles. The van der Waals surface area contributed by atoms with Gasteiger partial charge in [-0.3, -0.25) is 4.90 Å². The number of anilines is 1. The van der Waals surface area contributed by atoms with E-state index in [4.69, 9.17) is 0 Å². The molecule has 0 amide bonds. The second kappa shape index (κ2) is 10.0. The molecule has 1 aliphatic rings. The Bertz CT molecular complexity index is 1130. The Kier molecular flexibility index (Phi) is 7.31. The fourth-order valence-electron chi connectivity index (χ4n) is 4.14. The molecule has 0 aliphatic carbocycles. The lowest BCUT2D eigenvalue weighted by atomic mass is 10.1. The Labute approximate surface area is 201 Å². The molecule has 32 heavy (non-hydrogen) atoms. The maximum absolute atomic E-state index is 14.2. The van der Waals surface area contributed by atoms with Crippen molar-refractivity contribution < 1.29 is 12.8 Å². The molecule has 5 nitrogen and oxygen atoms in total. The Hall–Kier alpha value is -1.78. The summed E-state index contributed by atoms with van der Waals surface area (Å²) in [5.41, 5.74) is 0.615. The maximum Gasteiger partial charge on any atom is 0.240 e. The lowest BCUT2D eigenvalue weighted by Gasteiger charge is -2.42. The van der Waals surface area contributed by atoms with Crippen LogP contribution in [0.4, 0.5) is 10.1 Å². The second-order valence-electron chi connectivity index (χ2n) is 7.80. The van der Waals surface area contributed by atoms with Crippen LogP contribution < -0.4 is 9.62 Å². The van der Waals surface area contributed by atoms with Gasteiger partial charge in [0.05, 0.1) is 16.6 Å². The molecule has 0 saturated carbocycles. The zero-order valence-corrected chi connectivity index (χ0v) is 20.8. The van der Waals surface area contributed by atoms with Crippen LogP contribution in [-0.4, -0.2) is 45.5 Å². The zero-order valence-electron chi connectivity index (χ0n) is 17.6. The number of nitrogens with zero attached hydrogens (tertiary/aromatic N) is 2. The number of thiophene rings is 1. The third-order valence-electron chi connectivity index (χ3n) is 5.67. The smallest absolute Gasteiger partial charge is 0.240 e. The SMILES string of the molecule is C[C@@H](NS(=O)(=O)c1ccc(Br)cc1)[C@H](c1cccs1)N1CCN(c2ccccc2F)CC1. The molecule has 1 aliphatic heterocycles. The highest BCUT2D eigenvalue weighted by atomic mass is 79.9. The van der Waals surface area contributed by atoms with Gasteiger partial charge in [0.2, 0.25) is 10.0 Å². The summed E-state index contributed by atoms with van der Waals surface area (Å²) >= 11 is 4.96. The van der Waals surface area contributed by atoms with E-state index in [1.165, 1.54) is 6.07 Å². The van der Waals surface area contributed by atoms with Crippen LogP contribution >= 0.6 is 27.3 Å². The van der Waals surface area contributed by atoms with Gasteiger partial charge in [0.25, 0.3) is 0 Å². The summed E-state index contributed by atoms with van der Waals surface area (Å²) in [5.74, 6) is -0.216. The molecule has 1 aromatic heterocycles. The molecule has 0 spiro atoms. The van der Waals surface area contributed by atoms with Crippen molar-refractivity contribution in [3.63, 3.8) is 0 Å². The quantitative estimate of drug-likeness (QED) is 0.466. The van der Waals surface area contributed by atoms with Crippen LogP contribution in [0.2, 0.25) is 0 Å². The topological polar surface area (TPSA) is 52.7 Å². The molecule has 4 rings (SSSR count). The summed E-state index contributed by atoms with van der Waals surface area (Å²) in [5, 5.41) is 2.01. The molecular formula is C23H25BrFN3O2S2. The second-order valence-corrected chi connectivity index (χ2v) is 11.4. The summed E-state index contributed by atoms with van der Waals surface area (Å²) < 4.78 is 43.9. The highest BCUT2D eigenvalue weighted by molar-refractivity contribution is 9.10. The fraction of sp³-hybridized carbons (Fsp3) is 0.304. The summed E-state index contributed by atoms with van der Waals surface area (Å²) in [6.07, 6.45) is 0. The average molecular weight is 539 g/mol. The first-order valence-electron chi connectivity index (χ1n) is 10.4. The van der Waals surface area contributed by atoms with Crippen LogP contribution in [0.25, 0.3) is 0 Å². The Morgan fingerprint density at radius 3 is 2.31 bits per heavy atom. The van der Waals surface area contributed by atoms with Crippen LogP contribution in [0.5, 0.6) is 0 Å². The molecule has 1 fully saturated rings. The minimum Gasteiger partial charge on any atom is -0.367 e. The van der Waals surface area contributed by atoms with Crippen molar-refractivity contribution in [2.75, 3.05) is 31.1 Å². The molecule has 3 aromatic rings. The standard InChI is InChI=1S/C23H25BrFN3O2S2/c1-17(26-32(29,30)19-10-8-18(24)9-11-19)23(22-7-4-16-31-22)28-14-12-27(13-15-28)21-6-3-2-5-20(21)25/h2-11,16-17,23,26H,12-15H2,1H3/t17-,23-/m1/s1. The highest BCUT2D eigenvalue weighted by Crippen LogP contribution is 2.31. The molecule has 9 heteroatoms. The third kappa shape index (κ3) is 5.23. The van der Waals surface area contributed by atoms with Gasteiger partial charge < -0.3 is 4.90 Å². The predicted molar refractivity (Wildman–Crippen MR) is 131 cm³/mol. The number of hydrogen-bond donors (Lipinski definition) is 1. The summed E-state index contributed by atoms with van der Waals surface area (Å²) in [7, 11) is -3.66. The molecule has 2 heterocycles. The third-order valence-corrected chi connectivity index (χ3v) is 8.72. The van der Waals surface area contributed by atoms with Gasteiger partial charge in [-0.15, -0.1) is 11.3 Å². The number of nitrogens with one attached hydrogen (secondary N) is 1. The first-order chi connectivity index (χ1) is 15.3. The van der Waals surface area contributed by atoms with Crippen molar-refractivity contribution in [1.29, 1.82) is 0 Å². The van der Waals surface area contributed by atoms with E-state index in [-0.39, 0.29) is 22.8 Å². The Morgan fingerprint density at radius 2 is 1.69 bits per heavy atom. The van der Waals surface area contributed by atoms with Gasteiger partial charge in [-0.05, 0) is 54.8 Å². The van der Waals surface area contributed by atoms with Gasteiger partial charge in [-0.2, -0.15) is 0 Å². The van der Waals surface area contributed by atoms with Gasteiger partial charge in [0.15, 0.2) is 0 Å². The molecule has 0 bridgehead atoms. The van der Waals surface area contributed by atoms with E-state index in [2.05, 4.69) is 25.6 Å². The molecule has 170 valence electrons. The fourth-order valence-corrected chi connectivity index (χ4v) is 6.62. The van der Waals surface area contributed by atoms with E-state index in [1.807, 2.05) is 35.4 Å². The van der Waals surface area contributed by atoms with Gasteiger partial charge >= 0.3 is 0 Å². The number of halogens is 2. The van der Waals surface area contributed by atoms with Crippen LogP contribution in [0.3, 0.4) is 0 Å². The Balaban J connectivity index is 1.51. The maximum atomic E-state index is 14.2. The normalized spacial score (nSPS) is 17.3. The monoisotopic (exact) mass is 537 g/mol. The van der Waals surface area contributed by atoms with Crippen molar-refractivity contribution >= 4 is 43.0 Å². The summed E-state index contributed by atoms with van der Waals surface area (Å²) in [6, 6.07) is 17.0. The minimum atomic E-state index is -3.66. The number of sulfonamides is 1. The minimum absolute atomic E-state index is 0.108. The molecule has 2 atom stereocenters. The van der Waals surface area contributed by atoms with Crippen LogP contribution in [-0.2, 0) is 10.0 Å². The van der Waals surface area contributed by atoms with E-state index in [0.717, 1.165) is 9.35 Å². The van der Waals surface area contributed by atoms with Crippen molar-refractivity contribution in [3.8, 4) is 0 Å². The van der Waals surface area contributed by atoms with Crippen molar-refractivity contribution in [2.24, 2.45) is 0 Å². The zero-order chi connectivity index (χ0) is 22.7. The predicted octanol–water partition coefficient (Wildman–Crippen LogP) is 4.88. The molecule has 1 saturated heterocycles.